The lowest BCUT2D eigenvalue weighted by molar-refractivity contribution is 0.436. The lowest BCUT2D eigenvalue weighted by atomic mass is 9.94. The Balaban J connectivity index is 1.51. The van der Waals surface area contributed by atoms with E-state index in [1.807, 2.05) is 6.07 Å². The molecule has 2 aromatic carbocycles. The van der Waals surface area contributed by atoms with Crippen molar-refractivity contribution in [3.8, 4) is 0 Å². The summed E-state index contributed by atoms with van der Waals surface area (Å²) in [7, 11) is 4.13. The van der Waals surface area contributed by atoms with Crippen LogP contribution in [0.1, 0.15) is 29.2 Å². The number of hydrogen-bond acceptors (Lipinski definition) is 3. The van der Waals surface area contributed by atoms with Crippen molar-refractivity contribution < 1.29 is 4.42 Å². The number of anilines is 1. The first kappa shape index (κ1) is 18.3. The Labute approximate surface area is 156 Å². The van der Waals surface area contributed by atoms with E-state index in [4.69, 9.17) is 4.42 Å². The Bertz CT molecular complexity index is 749. The second kappa shape index (κ2) is 9.25. The molecular formula is C23H28N2O. The predicted octanol–water partition coefficient (Wildman–Crippen LogP) is 4.85. The first-order valence-corrected chi connectivity index (χ1v) is 9.26. The number of hydrogen-bond donors (Lipinski definition) is 1. The van der Waals surface area contributed by atoms with Crippen LogP contribution in [0.5, 0.6) is 0 Å². The van der Waals surface area contributed by atoms with Crippen LogP contribution in [0.15, 0.2) is 77.4 Å². The Hall–Kier alpha value is -2.52. The van der Waals surface area contributed by atoms with Crippen LogP contribution >= 0.6 is 0 Å². The van der Waals surface area contributed by atoms with Crippen LogP contribution < -0.4 is 10.2 Å². The molecule has 0 spiro atoms. The molecule has 0 saturated carbocycles. The van der Waals surface area contributed by atoms with Crippen LogP contribution in [0, 0.1) is 0 Å². The van der Waals surface area contributed by atoms with Crippen molar-refractivity contribution in [2.75, 3.05) is 25.5 Å². The van der Waals surface area contributed by atoms with Crippen molar-refractivity contribution in [2.24, 2.45) is 0 Å². The van der Waals surface area contributed by atoms with E-state index in [1.54, 1.807) is 6.26 Å². The highest BCUT2D eigenvalue weighted by Crippen LogP contribution is 2.24. The summed E-state index contributed by atoms with van der Waals surface area (Å²) in [6, 6.07) is 23.4. The molecule has 3 rings (SSSR count). The zero-order valence-corrected chi connectivity index (χ0v) is 15.7. The monoisotopic (exact) mass is 348 g/mol. The minimum absolute atomic E-state index is 0.399. The summed E-state index contributed by atoms with van der Waals surface area (Å²) in [5.74, 6) is 1.47. The van der Waals surface area contributed by atoms with E-state index in [9.17, 15) is 0 Å². The molecule has 0 unspecified atom stereocenters. The zero-order chi connectivity index (χ0) is 18.2. The quantitative estimate of drug-likeness (QED) is 0.560. The highest BCUT2D eigenvalue weighted by Gasteiger charge is 2.14. The van der Waals surface area contributed by atoms with Crippen LogP contribution in [-0.4, -0.2) is 20.6 Å². The molecule has 1 atom stereocenters. The second-order valence-electron chi connectivity index (χ2n) is 6.93. The van der Waals surface area contributed by atoms with Crippen molar-refractivity contribution in [3.05, 3.63) is 89.9 Å². The van der Waals surface area contributed by atoms with Gasteiger partial charge in [0.2, 0.25) is 0 Å². The summed E-state index contributed by atoms with van der Waals surface area (Å²) in [4.78, 5) is 2.12. The molecule has 0 saturated heterocycles. The standard InChI is InChI=1S/C23H28N2O/c1-25(2)22-12-10-20(11-13-22)18-24-15-14-21(23-9-6-16-26-23)17-19-7-4-3-5-8-19/h3-13,16,21,24H,14-15,17-18H2,1-2H3/t21-/m0/s1. The van der Waals surface area contributed by atoms with E-state index in [2.05, 4.69) is 85.0 Å². The molecule has 0 bridgehead atoms. The maximum absolute atomic E-state index is 5.69. The number of benzene rings is 2. The van der Waals surface area contributed by atoms with Crippen molar-refractivity contribution in [2.45, 2.75) is 25.3 Å². The molecule has 1 N–H and O–H groups in total. The third-order valence-electron chi connectivity index (χ3n) is 4.72. The molecule has 26 heavy (non-hydrogen) atoms. The normalized spacial score (nSPS) is 12.1. The molecule has 1 aromatic heterocycles. The van der Waals surface area contributed by atoms with Crippen LogP contribution in [0.4, 0.5) is 5.69 Å². The summed E-state index contributed by atoms with van der Waals surface area (Å²) in [5.41, 5.74) is 3.90. The van der Waals surface area contributed by atoms with Gasteiger partial charge in [0.25, 0.3) is 0 Å². The third-order valence-corrected chi connectivity index (χ3v) is 4.72. The lowest BCUT2D eigenvalue weighted by Crippen LogP contribution is -2.18. The van der Waals surface area contributed by atoms with Crippen molar-refractivity contribution in [1.82, 2.24) is 5.32 Å². The first-order valence-electron chi connectivity index (χ1n) is 9.26. The molecule has 0 aliphatic rings. The molecule has 0 fully saturated rings. The molecule has 0 aliphatic carbocycles. The molecule has 0 amide bonds. The average Bonchev–Trinajstić information content (AvgIpc) is 3.20. The highest BCUT2D eigenvalue weighted by atomic mass is 16.3. The van der Waals surface area contributed by atoms with E-state index in [-0.39, 0.29) is 0 Å². The van der Waals surface area contributed by atoms with Gasteiger partial charge >= 0.3 is 0 Å². The van der Waals surface area contributed by atoms with E-state index in [0.717, 1.165) is 31.7 Å². The minimum atomic E-state index is 0.399. The summed E-state index contributed by atoms with van der Waals surface area (Å²) in [5, 5.41) is 3.57. The van der Waals surface area contributed by atoms with Gasteiger partial charge in [0.1, 0.15) is 5.76 Å². The lowest BCUT2D eigenvalue weighted by Gasteiger charge is -2.16. The first-order chi connectivity index (χ1) is 12.7. The Kier molecular flexibility index (Phi) is 6.50. The van der Waals surface area contributed by atoms with Crippen LogP contribution in [-0.2, 0) is 13.0 Å². The predicted molar refractivity (Wildman–Crippen MR) is 109 cm³/mol. The SMILES string of the molecule is CN(C)c1ccc(CNCC[C@@H](Cc2ccccc2)c2ccco2)cc1. The molecule has 3 heteroatoms. The summed E-state index contributed by atoms with van der Waals surface area (Å²) in [6.07, 6.45) is 3.83. The van der Waals surface area contributed by atoms with E-state index in [1.165, 1.54) is 16.8 Å². The van der Waals surface area contributed by atoms with E-state index < -0.39 is 0 Å². The molecule has 0 radical (unpaired) electrons. The summed E-state index contributed by atoms with van der Waals surface area (Å²) < 4.78 is 5.69. The molecular weight excluding hydrogens is 320 g/mol. The maximum Gasteiger partial charge on any atom is 0.107 e. The number of rotatable bonds is 9. The fraction of sp³-hybridized carbons (Fsp3) is 0.304. The topological polar surface area (TPSA) is 28.4 Å². The molecule has 3 nitrogen and oxygen atoms in total. The molecule has 1 heterocycles. The fourth-order valence-electron chi connectivity index (χ4n) is 3.19. The Morgan fingerprint density at radius 3 is 2.31 bits per heavy atom. The van der Waals surface area contributed by atoms with Gasteiger partial charge in [0.05, 0.1) is 6.26 Å². The van der Waals surface area contributed by atoms with Gasteiger partial charge in [-0.2, -0.15) is 0 Å². The van der Waals surface area contributed by atoms with Crippen molar-refractivity contribution >= 4 is 5.69 Å². The van der Waals surface area contributed by atoms with Crippen LogP contribution in [0.3, 0.4) is 0 Å². The van der Waals surface area contributed by atoms with E-state index >= 15 is 0 Å². The third kappa shape index (κ3) is 5.24. The largest absolute Gasteiger partial charge is 0.469 e. The van der Waals surface area contributed by atoms with Gasteiger partial charge in [-0.05, 0) is 54.8 Å². The minimum Gasteiger partial charge on any atom is -0.469 e. The average molecular weight is 348 g/mol. The van der Waals surface area contributed by atoms with Crippen molar-refractivity contribution in [1.29, 1.82) is 0 Å². The number of nitrogens with one attached hydrogen (secondary N) is 1. The molecule has 0 aliphatic heterocycles. The van der Waals surface area contributed by atoms with Crippen LogP contribution in [0.2, 0.25) is 0 Å². The number of furan rings is 1. The number of nitrogens with zero attached hydrogens (tertiary/aromatic N) is 1. The Morgan fingerprint density at radius 2 is 1.65 bits per heavy atom. The van der Waals surface area contributed by atoms with Gasteiger partial charge in [-0.3, -0.25) is 0 Å². The van der Waals surface area contributed by atoms with Crippen LogP contribution in [0.25, 0.3) is 0 Å². The fourth-order valence-corrected chi connectivity index (χ4v) is 3.19. The van der Waals surface area contributed by atoms with Gasteiger partial charge in [0.15, 0.2) is 0 Å². The van der Waals surface area contributed by atoms with Gasteiger partial charge in [0, 0.05) is 32.2 Å². The van der Waals surface area contributed by atoms with Crippen molar-refractivity contribution in [3.63, 3.8) is 0 Å². The highest BCUT2D eigenvalue weighted by molar-refractivity contribution is 5.45. The van der Waals surface area contributed by atoms with Gasteiger partial charge in [-0.25, -0.2) is 0 Å². The Morgan fingerprint density at radius 1 is 0.885 bits per heavy atom. The second-order valence-corrected chi connectivity index (χ2v) is 6.93. The van der Waals surface area contributed by atoms with Gasteiger partial charge < -0.3 is 14.6 Å². The smallest absolute Gasteiger partial charge is 0.107 e. The summed E-state index contributed by atoms with van der Waals surface area (Å²) >= 11 is 0. The summed E-state index contributed by atoms with van der Waals surface area (Å²) in [6.45, 7) is 1.86. The molecule has 3 aromatic rings. The van der Waals surface area contributed by atoms with E-state index in [0.29, 0.717) is 5.92 Å². The maximum atomic E-state index is 5.69. The van der Waals surface area contributed by atoms with Gasteiger partial charge in [-0.1, -0.05) is 42.5 Å². The van der Waals surface area contributed by atoms with Gasteiger partial charge in [-0.15, -0.1) is 0 Å². The molecule has 136 valence electrons. The zero-order valence-electron chi connectivity index (χ0n) is 15.7.